The molecule has 2 rings (SSSR count). The van der Waals surface area contributed by atoms with Crippen molar-refractivity contribution < 1.29 is 9.13 Å². The zero-order valence-corrected chi connectivity index (χ0v) is 11.4. The highest BCUT2D eigenvalue weighted by atomic mass is 35.5. The van der Waals surface area contributed by atoms with E-state index in [4.69, 9.17) is 22.1 Å². The van der Waals surface area contributed by atoms with Crippen molar-refractivity contribution in [2.75, 3.05) is 6.54 Å². The molecule has 0 spiro atoms. The highest BCUT2D eigenvalue weighted by Gasteiger charge is 2.11. The van der Waals surface area contributed by atoms with E-state index in [2.05, 4.69) is 0 Å². The van der Waals surface area contributed by atoms with Crippen LogP contribution in [0.15, 0.2) is 36.4 Å². The zero-order chi connectivity index (χ0) is 13.8. The zero-order valence-electron chi connectivity index (χ0n) is 10.6. The minimum absolute atomic E-state index is 0.297. The van der Waals surface area contributed by atoms with Crippen LogP contribution in [0.5, 0.6) is 11.5 Å². The predicted octanol–water partition coefficient (Wildman–Crippen LogP) is 4.08. The molecule has 100 valence electrons. The van der Waals surface area contributed by atoms with Crippen molar-refractivity contribution >= 4 is 11.6 Å². The number of benzene rings is 2. The van der Waals surface area contributed by atoms with Gasteiger partial charge in [0.1, 0.15) is 17.3 Å². The molecule has 0 bridgehead atoms. The van der Waals surface area contributed by atoms with E-state index >= 15 is 0 Å². The molecule has 0 saturated carbocycles. The Morgan fingerprint density at radius 3 is 2.68 bits per heavy atom. The van der Waals surface area contributed by atoms with Crippen molar-refractivity contribution in [2.24, 2.45) is 5.73 Å². The first-order valence-corrected chi connectivity index (χ1v) is 6.41. The van der Waals surface area contributed by atoms with Crippen molar-refractivity contribution in [2.45, 2.75) is 13.3 Å². The summed E-state index contributed by atoms with van der Waals surface area (Å²) in [5.41, 5.74) is 6.90. The van der Waals surface area contributed by atoms with E-state index < -0.39 is 0 Å². The topological polar surface area (TPSA) is 35.2 Å². The number of aryl methyl sites for hydroxylation is 1. The van der Waals surface area contributed by atoms with Crippen molar-refractivity contribution in [1.82, 2.24) is 0 Å². The highest BCUT2D eigenvalue weighted by molar-refractivity contribution is 6.30. The third-order valence-corrected chi connectivity index (χ3v) is 3.06. The molecular weight excluding hydrogens is 265 g/mol. The first-order valence-electron chi connectivity index (χ1n) is 6.03. The molecule has 0 aliphatic carbocycles. The maximum Gasteiger partial charge on any atom is 0.133 e. The summed E-state index contributed by atoms with van der Waals surface area (Å²) < 4.78 is 19.5. The summed E-state index contributed by atoms with van der Waals surface area (Å²) in [6, 6.07) is 10.1. The van der Waals surface area contributed by atoms with Gasteiger partial charge < -0.3 is 10.5 Å². The molecule has 0 unspecified atom stereocenters. The van der Waals surface area contributed by atoms with E-state index in [0.29, 0.717) is 35.1 Å². The van der Waals surface area contributed by atoms with Gasteiger partial charge in [0.05, 0.1) is 0 Å². The fraction of sp³-hybridized carbons (Fsp3) is 0.200. The van der Waals surface area contributed by atoms with Gasteiger partial charge in [-0.25, -0.2) is 4.39 Å². The molecule has 19 heavy (non-hydrogen) atoms. The van der Waals surface area contributed by atoms with Crippen molar-refractivity contribution in [3.8, 4) is 11.5 Å². The molecule has 0 amide bonds. The third kappa shape index (κ3) is 3.25. The third-order valence-electron chi connectivity index (χ3n) is 2.83. The second-order valence-electron chi connectivity index (χ2n) is 4.27. The Balaban J connectivity index is 2.35. The van der Waals surface area contributed by atoms with Gasteiger partial charge in [0.25, 0.3) is 0 Å². The van der Waals surface area contributed by atoms with Crippen LogP contribution in [0.2, 0.25) is 5.02 Å². The lowest BCUT2D eigenvalue weighted by Gasteiger charge is -2.13. The van der Waals surface area contributed by atoms with Crippen LogP contribution in [0.1, 0.15) is 11.1 Å². The number of ether oxygens (including phenoxy) is 1. The summed E-state index contributed by atoms with van der Waals surface area (Å²) in [7, 11) is 0. The summed E-state index contributed by atoms with van der Waals surface area (Å²) in [6.45, 7) is 2.26. The van der Waals surface area contributed by atoms with Crippen molar-refractivity contribution in [3.05, 3.63) is 58.4 Å². The van der Waals surface area contributed by atoms with Crippen LogP contribution in [0.4, 0.5) is 4.39 Å². The largest absolute Gasteiger partial charge is 0.457 e. The second kappa shape index (κ2) is 6.04. The molecule has 0 radical (unpaired) electrons. The van der Waals surface area contributed by atoms with Gasteiger partial charge in [-0.1, -0.05) is 17.7 Å². The molecule has 2 aromatic rings. The predicted molar refractivity (Wildman–Crippen MR) is 75.4 cm³/mol. The smallest absolute Gasteiger partial charge is 0.133 e. The molecule has 2 nitrogen and oxygen atoms in total. The van der Waals surface area contributed by atoms with Crippen LogP contribution in [-0.4, -0.2) is 6.54 Å². The first kappa shape index (κ1) is 13.8. The Labute approximate surface area is 117 Å². The maximum absolute atomic E-state index is 13.7. The minimum Gasteiger partial charge on any atom is -0.457 e. The van der Waals surface area contributed by atoms with Gasteiger partial charge in [-0.3, -0.25) is 0 Å². The Bertz CT molecular complexity index is 586. The van der Waals surface area contributed by atoms with E-state index in [-0.39, 0.29) is 5.82 Å². The van der Waals surface area contributed by atoms with Crippen LogP contribution < -0.4 is 10.5 Å². The van der Waals surface area contributed by atoms with Crippen molar-refractivity contribution in [3.63, 3.8) is 0 Å². The van der Waals surface area contributed by atoms with Crippen LogP contribution in [0, 0.1) is 12.7 Å². The molecule has 0 aliphatic heterocycles. The first-order chi connectivity index (χ1) is 9.11. The molecule has 0 aromatic heterocycles. The van der Waals surface area contributed by atoms with E-state index in [0.717, 1.165) is 5.56 Å². The number of halogens is 2. The SMILES string of the molecule is Cc1cc(Cl)ccc1Oc1cccc(F)c1CCN. The maximum atomic E-state index is 13.7. The monoisotopic (exact) mass is 279 g/mol. The summed E-state index contributed by atoms with van der Waals surface area (Å²) in [5.74, 6) is 0.860. The van der Waals surface area contributed by atoms with E-state index in [9.17, 15) is 4.39 Å². The van der Waals surface area contributed by atoms with E-state index in [1.165, 1.54) is 6.07 Å². The Kier molecular flexibility index (Phi) is 4.40. The van der Waals surface area contributed by atoms with Gasteiger partial charge >= 0.3 is 0 Å². The van der Waals surface area contributed by atoms with Gasteiger partial charge in [0, 0.05) is 10.6 Å². The lowest BCUT2D eigenvalue weighted by Crippen LogP contribution is -2.06. The minimum atomic E-state index is -0.297. The average molecular weight is 280 g/mol. The van der Waals surface area contributed by atoms with Gasteiger partial charge in [-0.15, -0.1) is 0 Å². The number of nitrogens with two attached hydrogens (primary N) is 1. The van der Waals surface area contributed by atoms with Crippen molar-refractivity contribution in [1.29, 1.82) is 0 Å². The Morgan fingerprint density at radius 2 is 2.00 bits per heavy atom. The Morgan fingerprint density at radius 1 is 1.21 bits per heavy atom. The van der Waals surface area contributed by atoms with E-state index in [1.807, 2.05) is 6.92 Å². The molecule has 0 aliphatic rings. The highest BCUT2D eigenvalue weighted by Crippen LogP contribution is 2.30. The van der Waals surface area contributed by atoms with Crippen LogP contribution in [-0.2, 0) is 6.42 Å². The van der Waals surface area contributed by atoms with Crippen LogP contribution >= 0.6 is 11.6 Å². The van der Waals surface area contributed by atoms with Gasteiger partial charge in [0.2, 0.25) is 0 Å². The van der Waals surface area contributed by atoms with E-state index in [1.54, 1.807) is 30.3 Å². The molecule has 0 heterocycles. The molecular formula is C15H15ClFNO. The van der Waals surface area contributed by atoms with Crippen LogP contribution in [0.25, 0.3) is 0 Å². The number of hydrogen-bond donors (Lipinski definition) is 1. The summed E-state index contributed by atoms with van der Waals surface area (Å²) >= 11 is 5.89. The lowest BCUT2D eigenvalue weighted by molar-refractivity contribution is 0.464. The number of rotatable bonds is 4. The van der Waals surface area contributed by atoms with Gasteiger partial charge in [-0.2, -0.15) is 0 Å². The normalized spacial score (nSPS) is 10.5. The quantitative estimate of drug-likeness (QED) is 0.915. The summed E-state index contributed by atoms with van der Waals surface area (Å²) in [4.78, 5) is 0. The fourth-order valence-corrected chi connectivity index (χ4v) is 2.09. The molecule has 2 N–H and O–H groups in total. The molecule has 0 atom stereocenters. The lowest BCUT2D eigenvalue weighted by atomic mass is 10.1. The van der Waals surface area contributed by atoms with Gasteiger partial charge in [-0.05, 0) is 55.8 Å². The molecule has 4 heteroatoms. The Hall–Kier alpha value is -1.58. The standard InChI is InChI=1S/C15H15ClFNO/c1-10-9-11(16)5-6-14(10)19-15-4-2-3-13(17)12(15)7-8-18/h2-6,9H,7-8,18H2,1H3. The molecule has 0 saturated heterocycles. The molecule has 2 aromatic carbocycles. The fourth-order valence-electron chi connectivity index (χ4n) is 1.87. The summed E-state index contributed by atoms with van der Waals surface area (Å²) in [5, 5.41) is 0.645. The molecule has 0 fully saturated rings. The summed E-state index contributed by atoms with van der Waals surface area (Å²) in [6.07, 6.45) is 0.439. The second-order valence-corrected chi connectivity index (χ2v) is 4.70. The average Bonchev–Trinajstić information content (AvgIpc) is 2.37. The van der Waals surface area contributed by atoms with Gasteiger partial charge in [0.15, 0.2) is 0 Å². The number of hydrogen-bond acceptors (Lipinski definition) is 2. The van der Waals surface area contributed by atoms with Crippen LogP contribution in [0.3, 0.4) is 0 Å².